The molecule has 1 N–H and O–H groups in total. The van der Waals surface area contributed by atoms with Gasteiger partial charge in [-0.3, -0.25) is 9.69 Å². The molecule has 1 amide bonds. The van der Waals surface area contributed by atoms with Gasteiger partial charge in [-0.1, -0.05) is 42.5 Å². The number of piperidine rings is 1. The van der Waals surface area contributed by atoms with Gasteiger partial charge in [-0.2, -0.15) is 5.10 Å². The van der Waals surface area contributed by atoms with E-state index in [2.05, 4.69) is 48.2 Å². The van der Waals surface area contributed by atoms with Crippen molar-refractivity contribution in [3.63, 3.8) is 0 Å². The number of nitrogens with one attached hydrogen (secondary N) is 1. The molecule has 2 heterocycles. The molecular formula is C27H34N4O2. The fraction of sp³-hybridized carbons (Fsp3) is 0.407. The van der Waals surface area contributed by atoms with Crippen LogP contribution in [0.4, 0.5) is 5.82 Å². The van der Waals surface area contributed by atoms with E-state index in [9.17, 15) is 4.79 Å². The second-order valence-corrected chi connectivity index (χ2v) is 9.05. The highest BCUT2D eigenvalue weighted by Crippen LogP contribution is 2.28. The summed E-state index contributed by atoms with van der Waals surface area (Å²) in [6.45, 7) is 9.56. The number of nitrogens with zero attached hydrogens (tertiary/aromatic N) is 3. The minimum absolute atomic E-state index is 0.187. The third-order valence-electron chi connectivity index (χ3n) is 6.75. The van der Waals surface area contributed by atoms with Crippen molar-refractivity contribution in [3.8, 4) is 0 Å². The minimum Gasteiger partial charge on any atom is -0.367 e. The molecule has 4 rings (SSSR count). The van der Waals surface area contributed by atoms with Gasteiger partial charge in [-0.15, -0.1) is 0 Å². The van der Waals surface area contributed by atoms with Crippen LogP contribution in [0.2, 0.25) is 0 Å². The van der Waals surface area contributed by atoms with Crippen LogP contribution >= 0.6 is 0 Å². The van der Waals surface area contributed by atoms with Crippen LogP contribution < -0.4 is 5.32 Å². The van der Waals surface area contributed by atoms with Gasteiger partial charge in [0.05, 0.1) is 12.2 Å². The second-order valence-electron chi connectivity index (χ2n) is 9.05. The number of ether oxygens (including phenoxy) is 1. The number of hydrogen-bond donors (Lipinski definition) is 1. The Kier molecular flexibility index (Phi) is 7.26. The van der Waals surface area contributed by atoms with E-state index in [1.54, 1.807) is 13.3 Å². The molecule has 1 aliphatic heterocycles. The Morgan fingerprint density at radius 2 is 1.76 bits per heavy atom. The molecule has 1 aromatic heterocycles. The second kappa shape index (κ2) is 10.3. The smallest absolute Gasteiger partial charge is 0.259 e. The van der Waals surface area contributed by atoms with Crippen LogP contribution in [0.3, 0.4) is 0 Å². The predicted octanol–water partition coefficient (Wildman–Crippen LogP) is 4.97. The van der Waals surface area contributed by atoms with Crippen molar-refractivity contribution in [1.82, 2.24) is 14.7 Å². The predicted molar refractivity (Wildman–Crippen MR) is 131 cm³/mol. The maximum absolute atomic E-state index is 12.9. The molecule has 0 saturated carbocycles. The van der Waals surface area contributed by atoms with Crippen LogP contribution in [0, 0.1) is 20.8 Å². The molecule has 1 atom stereocenters. The summed E-state index contributed by atoms with van der Waals surface area (Å²) in [4.78, 5) is 15.4. The van der Waals surface area contributed by atoms with E-state index in [0.29, 0.717) is 0 Å². The first-order valence-electron chi connectivity index (χ1n) is 11.7. The summed E-state index contributed by atoms with van der Waals surface area (Å²) >= 11 is 0. The number of amides is 1. The fourth-order valence-corrected chi connectivity index (χ4v) is 4.67. The van der Waals surface area contributed by atoms with Gasteiger partial charge in [-0.25, -0.2) is 4.68 Å². The Balaban J connectivity index is 1.38. The molecular weight excluding hydrogens is 412 g/mol. The summed E-state index contributed by atoms with van der Waals surface area (Å²) in [5.74, 6) is 0.537. The van der Waals surface area contributed by atoms with Gasteiger partial charge >= 0.3 is 0 Å². The van der Waals surface area contributed by atoms with Crippen LogP contribution in [-0.4, -0.2) is 40.8 Å². The number of carbonyl (C=O) groups is 1. The number of aryl methyl sites for hydroxylation is 3. The van der Waals surface area contributed by atoms with E-state index < -0.39 is 6.10 Å². The molecule has 2 aromatic carbocycles. The highest BCUT2D eigenvalue weighted by atomic mass is 16.5. The molecule has 0 unspecified atom stereocenters. The number of likely N-dealkylation sites (tertiary alicyclic amines) is 1. The maximum Gasteiger partial charge on any atom is 0.259 e. The van der Waals surface area contributed by atoms with E-state index in [1.807, 2.05) is 41.1 Å². The molecule has 1 aliphatic rings. The van der Waals surface area contributed by atoms with Gasteiger partial charge in [0.1, 0.15) is 5.82 Å². The molecule has 174 valence electrons. The third kappa shape index (κ3) is 5.34. The molecule has 0 radical (unpaired) electrons. The standard InChI is InChI=1S/C27H34N4O2/c1-19-16-21(3)23(17-20(19)2)18-30-14-11-24(12-15-30)31-25(10-13-28-31)29-27(32)26(33-4)22-8-6-5-7-9-22/h5-10,13,16-17,24,26H,11-12,14-15,18H2,1-4H3,(H,29,32)/t26-/m0/s1. The van der Waals surface area contributed by atoms with E-state index >= 15 is 0 Å². The zero-order valence-electron chi connectivity index (χ0n) is 20.0. The van der Waals surface area contributed by atoms with Crippen LogP contribution in [0.25, 0.3) is 0 Å². The van der Waals surface area contributed by atoms with Crippen molar-refractivity contribution in [2.24, 2.45) is 0 Å². The lowest BCUT2D eigenvalue weighted by Crippen LogP contribution is -2.35. The fourth-order valence-electron chi connectivity index (χ4n) is 4.67. The van der Waals surface area contributed by atoms with Gasteiger partial charge in [0.2, 0.25) is 0 Å². The highest BCUT2D eigenvalue weighted by molar-refractivity contribution is 5.94. The average Bonchev–Trinajstić information content (AvgIpc) is 3.27. The largest absolute Gasteiger partial charge is 0.367 e. The summed E-state index contributed by atoms with van der Waals surface area (Å²) in [7, 11) is 1.56. The zero-order valence-corrected chi connectivity index (χ0v) is 20.0. The molecule has 3 aromatic rings. The van der Waals surface area contributed by atoms with E-state index in [-0.39, 0.29) is 11.9 Å². The average molecular weight is 447 g/mol. The molecule has 0 aliphatic carbocycles. The topological polar surface area (TPSA) is 59.4 Å². The lowest BCUT2D eigenvalue weighted by atomic mass is 9.99. The number of hydrogen-bond acceptors (Lipinski definition) is 4. The Morgan fingerprint density at radius 1 is 1.06 bits per heavy atom. The normalized spacial score (nSPS) is 16.0. The van der Waals surface area contributed by atoms with Crippen molar-refractivity contribution in [2.75, 3.05) is 25.5 Å². The van der Waals surface area contributed by atoms with Gasteiger partial charge in [0.15, 0.2) is 6.10 Å². The molecule has 0 spiro atoms. The van der Waals surface area contributed by atoms with Crippen LogP contribution in [0.15, 0.2) is 54.7 Å². The molecule has 1 fully saturated rings. The lowest BCUT2D eigenvalue weighted by molar-refractivity contribution is -0.126. The van der Waals surface area contributed by atoms with Gasteiger partial charge in [0, 0.05) is 32.8 Å². The Labute approximate surface area is 196 Å². The third-order valence-corrected chi connectivity index (χ3v) is 6.75. The van der Waals surface area contributed by atoms with E-state index in [4.69, 9.17) is 4.74 Å². The highest BCUT2D eigenvalue weighted by Gasteiger charge is 2.26. The quantitative estimate of drug-likeness (QED) is 0.557. The van der Waals surface area contributed by atoms with Crippen LogP contribution in [0.1, 0.15) is 52.8 Å². The Bertz CT molecular complexity index is 1080. The first-order chi connectivity index (χ1) is 16.0. The van der Waals surface area contributed by atoms with Gasteiger partial charge in [-0.05, 0) is 61.4 Å². The van der Waals surface area contributed by atoms with Crippen molar-refractivity contribution in [2.45, 2.75) is 52.3 Å². The van der Waals surface area contributed by atoms with Crippen molar-refractivity contribution in [1.29, 1.82) is 0 Å². The molecule has 1 saturated heterocycles. The summed E-state index contributed by atoms with van der Waals surface area (Å²) in [6, 6.07) is 16.3. The molecule has 6 nitrogen and oxygen atoms in total. The van der Waals surface area contributed by atoms with Gasteiger partial charge < -0.3 is 10.1 Å². The molecule has 0 bridgehead atoms. The van der Waals surface area contributed by atoms with Crippen LogP contribution in [0.5, 0.6) is 0 Å². The number of rotatable bonds is 7. The first kappa shape index (κ1) is 23.2. The van der Waals surface area contributed by atoms with Gasteiger partial charge in [0.25, 0.3) is 5.91 Å². The first-order valence-corrected chi connectivity index (χ1v) is 11.7. The summed E-state index contributed by atoms with van der Waals surface area (Å²) < 4.78 is 7.45. The number of benzene rings is 2. The molecule has 33 heavy (non-hydrogen) atoms. The molecule has 6 heteroatoms. The summed E-state index contributed by atoms with van der Waals surface area (Å²) in [5.41, 5.74) is 6.32. The number of aromatic nitrogens is 2. The number of carbonyl (C=O) groups excluding carboxylic acids is 1. The maximum atomic E-state index is 12.9. The number of methoxy groups -OCH3 is 1. The number of anilines is 1. The van der Waals surface area contributed by atoms with E-state index in [1.165, 1.54) is 22.3 Å². The van der Waals surface area contributed by atoms with Crippen molar-refractivity contribution < 1.29 is 9.53 Å². The Morgan fingerprint density at radius 3 is 2.45 bits per heavy atom. The summed E-state index contributed by atoms with van der Waals surface area (Å²) in [5, 5.41) is 7.57. The SMILES string of the molecule is CO[C@H](C(=O)Nc1ccnn1C1CCN(Cc2cc(C)c(C)cc2C)CC1)c1ccccc1. The lowest BCUT2D eigenvalue weighted by Gasteiger charge is -2.33. The van der Waals surface area contributed by atoms with E-state index in [0.717, 1.165) is 43.9 Å². The minimum atomic E-state index is -0.655. The summed E-state index contributed by atoms with van der Waals surface area (Å²) in [6.07, 6.45) is 3.10. The zero-order chi connectivity index (χ0) is 23.4. The van der Waals surface area contributed by atoms with Crippen LogP contribution in [-0.2, 0) is 16.1 Å². The van der Waals surface area contributed by atoms with Crippen molar-refractivity contribution >= 4 is 11.7 Å². The monoisotopic (exact) mass is 446 g/mol. The Hall–Kier alpha value is -2.96. The van der Waals surface area contributed by atoms with Crippen molar-refractivity contribution in [3.05, 3.63) is 82.5 Å².